The number of carbonyl (C=O) groups excluding carboxylic acids is 2. The SMILES string of the molecule is COc1ccc(C(OCC2OC(n3ccc(NC(C)=O)nc3=O)C(OCCC=O)C2OP(OCCC#N)N(C(C)C)C(C)C)(c2ccccc2)c2ccc(OC)cc2)cc1. The van der Waals surface area contributed by atoms with E-state index in [1.165, 1.54) is 23.8 Å². The number of nitriles is 1. The van der Waals surface area contributed by atoms with Crippen molar-refractivity contribution < 1.29 is 42.3 Å². The Morgan fingerprint density at radius 2 is 1.53 bits per heavy atom. The lowest BCUT2D eigenvalue weighted by Crippen LogP contribution is -2.43. The molecule has 1 fully saturated rings. The number of ether oxygens (including phenoxy) is 5. The van der Waals surface area contributed by atoms with E-state index in [9.17, 15) is 19.6 Å². The highest BCUT2D eigenvalue weighted by Gasteiger charge is 2.51. The quantitative estimate of drug-likeness (QED) is 0.0381. The molecule has 1 aliphatic rings. The van der Waals surface area contributed by atoms with E-state index in [-0.39, 0.29) is 50.6 Å². The number of aldehydes is 1. The molecule has 320 valence electrons. The van der Waals surface area contributed by atoms with E-state index >= 15 is 0 Å². The Labute approximate surface area is 352 Å². The van der Waals surface area contributed by atoms with Crippen LogP contribution in [0.15, 0.2) is 95.9 Å². The second kappa shape index (κ2) is 22.0. The van der Waals surface area contributed by atoms with Gasteiger partial charge in [0.1, 0.15) is 47.5 Å². The number of carbonyl (C=O) groups is 2. The Hall–Kier alpha value is -5.04. The monoisotopic (exact) mass is 843 g/mol. The molecule has 16 heteroatoms. The van der Waals surface area contributed by atoms with Crippen LogP contribution in [0.2, 0.25) is 0 Å². The van der Waals surface area contributed by atoms with Crippen LogP contribution in [0.25, 0.3) is 0 Å². The summed E-state index contributed by atoms with van der Waals surface area (Å²) in [6.07, 6.45) is -1.61. The highest BCUT2D eigenvalue weighted by molar-refractivity contribution is 7.44. The van der Waals surface area contributed by atoms with Crippen LogP contribution < -0.4 is 20.5 Å². The van der Waals surface area contributed by atoms with E-state index in [4.69, 9.17) is 32.7 Å². The first-order valence-corrected chi connectivity index (χ1v) is 20.9. The average molecular weight is 844 g/mol. The number of hydrogen-bond donors (Lipinski definition) is 1. The number of amides is 1. The normalized spacial score (nSPS) is 18.4. The first-order chi connectivity index (χ1) is 29.0. The fraction of sp³-hybridized carbons (Fsp3) is 0.432. The zero-order valence-electron chi connectivity index (χ0n) is 35.1. The zero-order chi connectivity index (χ0) is 43.2. The van der Waals surface area contributed by atoms with Crippen LogP contribution in [0, 0.1) is 11.3 Å². The number of benzene rings is 3. The summed E-state index contributed by atoms with van der Waals surface area (Å²) in [5, 5.41) is 12.0. The van der Waals surface area contributed by atoms with Gasteiger partial charge in [0, 0.05) is 31.6 Å². The molecule has 15 nitrogen and oxygen atoms in total. The van der Waals surface area contributed by atoms with Crippen molar-refractivity contribution in [3.05, 3.63) is 118 Å². The van der Waals surface area contributed by atoms with E-state index in [1.807, 2.05) is 107 Å². The highest BCUT2D eigenvalue weighted by Crippen LogP contribution is 2.51. The Balaban J connectivity index is 1.68. The molecule has 5 atom stereocenters. The molecule has 0 aliphatic carbocycles. The molecular weight excluding hydrogens is 789 g/mol. The maximum atomic E-state index is 13.7. The Kier molecular flexibility index (Phi) is 16.9. The molecule has 1 amide bonds. The summed E-state index contributed by atoms with van der Waals surface area (Å²) >= 11 is 0. The van der Waals surface area contributed by atoms with Crippen LogP contribution in [-0.2, 0) is 38.4 Å². The third-order valence-corrected chi connectivity index (χ3v) is 11.9. The second-order valence-electron chi connectivity index (χ2n) is 14.5. The van der Waals surface area contributed by atoms with E-state index in [0.717, 1.165) is 23.0 Å². The number of hydrogen-bond acceptors (Lipinski definition) is 13. The maximum absolute atomic E-state index is 13.7. The van der Waals surface area contributed by atoms with Crippen LogP contribution in [0.1, 0.15) is 70.4 Å². The number of nitrogens with one attached hydrogen (secondary N) is 1. The zero-order valence-corrected chi connectivity index (χ0v) is 36.0. The smallest absolute Gasteiger partial charge is 0.351 e. The van der Waals surface area contributed by atoms with E-state index < -0.39 is 50.3 Å². The van der Waals surface area contributed by atoms with Gasteiger partial charge in [0.15, 0.2) is 6.23 Å². The first-order valence-electron chi connectivity index (χ1n) is 19.8. The number of methoxy groups -OCH3 is 2. The van der Waals surface area contributed by atoms with Gasteiger partial charge >= 0.3 is 5.69 Å². The van der Waals surface area contributed by atoms with Crippen LogP contribution in [0.4, 0.5) is 5.82 Å². The van der Waals surface area contributed by atoms with Gasteiger partial charge in [0.2, 0.25) is 5.91 Å². The third-order valence-electron chi connectivity index (χ3n) is 9.75. The molecule has 0 spiro atoms. The minimum absolute atomic E-state index is 0.00937. The van der Waals surface area contributed by atoms with Crippen molar-refractivity contribution in [2.75, 3.05) is 39.4 Å². The average Bonchev–Trinajstić information content (AvgIpc) is 3.57. The fourth-order valence-electron chi connectivity index (χ4n) is 7.16. The molecule has 60 heavy (non-hydrogen) atoms. The molecule has 5 unspecified atom stereocenters. The third kappa shape index (κ3) is 11.0. The van der Waals surface area contributed by atoms with E-state index in [1.54, 1.807) is 14.2 Å². The summed E-state index contributed by atoms with van der Waals surface area (Å²) in [5.74, 6) is 1.000. The van der Waals surface area contributed by atoms with Crippen molar-refractivity contribution >= 4 is 26.5 Å². The molecule has 1 aromatic heterocycles. The van der Waals surface area contributed by atoms with Gasteiger partial charge in [0.05, 0.1) is 46.5 Å². The van der Waals surface area contributed by atoms with Gasteiger partial charge in [-0.25, -0.2) is 9.46 Å². The lowest BCUT2D eigenvalue weighted by Gasteiger charge is -2.39. The van der Waals surface area contributed by atoms with Gasteiger partial charge in [0.25, 0.3) is 8.53 Å². The van der Waals surface area contributed by atoms with Crippen molar-refractivity contribution in [2.45, 2.75) is 89.7 Å². The maximum Gasteiger partial charge on any atom is 0.351 e. The molecule has 0 radical (unpaired) electrons. The standard InChI is InChI=1S/C44H54N5O10P/c1-30(2)49(31(3)4)60(57-28-11-24-45)59-40-38(58-42(41(40)55-27-12-26-50)48-25-23-39(46-32(5)51)47-43(48)52)29-56-44(33-13-9-8-10-14-33,34-15-19-36(53-6)20-16-34)35-17-21-37(54-7)22-18-35/h8-10,13-23,25-26,30-31,38,40-42H,11-12,27-29H2,1-7H3,(H,46,47,51,52). The molecule has 4 aromatic rings. The summed E-state index contributed by atoms with van der Waals surface area (Å²) in [5.41, 5.74) is 0.422. The predicted octanol–water partition coefficient (Wildman–Crippen LogP) is 6.76. The molecule has 1 N–H and O–H groups in total. The Bertz CT molecular complexity index is 2020. The summed E-state index contributed by atoms with van der Waals surface area (Å²) in [4.78, 5) is 41.2. The summed E-state index contributed by atoms with van der Waals surface area (Å²) in [7, 11) is 1.34. The van der Waals surface area contributed by atoms with Crippen LogP contribution >= 0.6 is 8.53 Å². The summed E-state index contributed by atoms with van der Waals surface area (Å²) in [6, 6.07) is 28.6. The fourth-order valence-corrected chi connectivity index (χ4v) is 8.93. The van der Waals surface area contributed by atoms with E-state index in [0.29, 0.717) is 11.5 Å². The van der Waals surface area contributed by atoms with Crippen molar-refractivity contribution in [3.63, 3.8) is 0 Å². The topological polar surface area (TPSA) is 173 Å². The number of anilines is 1. The van der Waals surface area contributed by atoms with Crippen molar-refractivity contribution in [1.29, 1.82) is 5.26 Å². The Morgan fingerprint density at radius 1 is 0.933 bits per heavy atom. The van der Waals surface area contributed by atoms with Crippen LogP contribution in [0.3, 0.4) is 0 Å². The van der Waals surface area contributed by atoms with Gasteiger partial charge in [-0.1, -0.05) is 54.6 Å². The number of aromatic nitrogens is 2. The predicted molar refractivity (Wildman–Crippen MR) is 225 cm³/mol. The molecule has 5 rings (SSSR count). The lowest BCUT2D eigenvalue weighted by atomic mass is 9.80. The molecule has 0 saturated carbocycles. The molecule has 1 aliphatic heterocycles. The molecule has 1 saturated heterocycles. The van der Waals surface area contributed by atoms with Crippen molar-refractivity contribution in [2.24, 2.45) is 0 Å². The van der Waals surface area contributed by atoms with Gasteiger partial charge in [-0.2, -0.15) is 10.2 Å². The van der Waals surface area contributed by atoms with Gasteiger partial charge in [-0.3, -0.25) is 9.36 Å². The second-order valence-corrected chi connectivity index (χ2v) is 15.9. The first kappa shape index (κ1) is 46.0. The van der Waals surface area contributed by atoms with Gasteiger partial charge in [-0.05, 0) is 74.7 Å². The molecule has 3 aromatic carbocycles. The number of nitrogens with zero attached hydrogens (tertiary/aromatic N) is 4. The van der Waals surface area contributed by atoms with Crippen LogP contribution in [0.5, 0.6) is 11.5 Å². The largest absolute Gasteiger partial charge is 0.497 e. The minimum Gasteiger partial charge on any atom is -0.497 e. The Morgan fingerprint density at radius 3 is 2.05 bits per heavy atom. The number of rotatable bonds is 22. The van der Waals surface area contributed by atoms with Gasteiger partial charge in [-0.15, -0.1) is 0 Å². The van der Waals surface area contributed by atoms with Crippen molar-refractivity contribution in [1.82, 2.24) is 14.2 Å². The van der Waals surface area contributed by atoms with Crippen molar-refractivity contribution in [3.8, 4) is 17.6 Å². The van der Waals surface area contributed by atoms with Gasteiger partial charge < -0.3 is 42.8 Å². The highest BCUT2D eigenvalue weighted by atomic mass is 31.2. The molecule has 0 bridgehead atoms. The summed E-state index contributed by atoms with van der Waals surface area (Å²) in [6.45, 7) is 9.41. The van der Waals surface area contributed by atoms with Crippen LogP contribution in [-0.4, -0.2) is 90.9 Å². The van der Waals surface area contributed by atoms with E-state index in [2.05, 4.69) is 21.0 Å². The summed E-state index contributed by atoms with van der Waals surface area (Å²) < 4.78 is 48.3. The molecular formula is C44H54N5O10P. The minimum atomic E-state index is -1.87. The lowest BCUT2D eigenvalue weighted by molar-refractivity contribution is -0.114. The molecule has 2 heterocycles.